The Bertz CT molecular complexity index is 296. The number of carbonyl (C=O) groups excluding carboxylic acids is 2. The minimum atomic E-state index is -0.833. The van der Waals surface area contributed by atoms with E-state index in [1.54, 1.807) is 13.8 Å². The molecule has 0 radical (unpaired) electrons. The number of hydrogen-bond donors (Lipinski definition) is 1. The van der Waals surface area contributed by atoms with Crippen LogP contribution in [-0.2, 0) is 19.1 Å². The number of carboxylic acid groups (broad SMARTS) is 1. The number of esters is 1. The Morgan fingerprint density at radius 3 is 2.05 bits per heavy atom. The van der Waals surface area contributed by atoms with Gasteiger partial charge in [0.15, 0.2) is 0 Å². The van der Waals surface area contributed by atoms with Crippen LogP contribution >= 0.6 is 7.92 Å². The second kappa shape index (κ2) is 9.90. The molecule has 6 heteroatoms. The molecule has 0 saturated carbocycles. The average Bonchev–Trinajstić information content (AvgIpc) is 2.26. The molecular weight excluding hydrogens is 267 g/mol. The topological polar surface area (TPSA) is 80.7 Å². The summed E-state index contributed by atoms with van der Waals surface area (Å²) in [6.07, 6.45) is 2.64. The minimum Gasteiger partial charge on any atom is -0.481 e. The number of ketones is 1. The zero-order valence-electron chi connectivity index (χ0n) is 11.8. The van der Waals surface area contributed by atoms with E-state index in [9.17, 15) is 14.4 Å². The van der Waals surface area contributed by atoms with E-state index < -0.39 is 13.9 Å². The van der Waals surface area contributed by atoms with Crippen LogP contribution in [0, 0.1) is 0 Å². The maximum absolute atomic E-state index is 11.4. The van der Waals surface area contributed by atoms with Crippen molar-refractivity contribution in [2.45, 2.75) is 46.1 Å². The lowest BCUT2D eigenvalue weighted by Crippen LogP contribution is -2.13. The van der Waals surface area contributed by atoms with Gasteiger partial charge in [0.2, 0.25) is 0 Å². The van der Waals surface area contributed by atoms with Crippen molar-refractivity contribution in [1.82, 2.24) is 0 Å². The fraction of sp³-hybridized carbons (Fsp3) is 0.769. The maximum Gasteiger partial charge on any atom is 0.306 e. The van der Waals surface area contributed by atoms with Gasteiger partial charge in [-0.1, -0.05) is 0 Å². The van der Waals surface area contributed by atoms with Crippen molar-refractivity contribution in [2.24, 2.45) is 0 Å². The van der Waals surface area contributed by atoms with Gasteiger partial charge in [0.05, 0.1) is 6.10 Å². The molecule has 0 amide bonds. The summed E-state index contributed by atoms with van der Waals surface area (Å²) in [7, 11) is -0.586. The molecule has 110 valence electrons. The van der Waals surface area contributed by atoms with Gasteiger partial charge in [0.25, 0.3) is 0 Å². The number of aliphatic carboxylic acids is 1. The van der Waals surface area contributed by atoms with E-state index in [2.05, 4.69) is 0 Å². The van der Waals surface area contributed by atoms with Gasteiger partial charge in [-0.05, 0) is 39.3 Å². The van der Waals surface area contributed by atoms with Gasteiger partial charge in [-0.15, -0.1) is 7.92 Å². The van der Waals surface area contributed by atoms with E-state index in [0.717, 1.165) is 0 Å². The van der Waals surface area contributed by atoms with Gasteiger partial charge in [0.1, 0.15) is 5.78 Å². The molecule has 0 aromatic carbocycles. The molecule has 0 bridgehead atoms. The van der Waals surface area contributed by atoms with Crippen molar-refractivity contribution in [3.05, 3.63) is 0 Å². The lowest BCUT2D eigenvalue weighted by molar-refractivity contribution is -0.146. The summed E-state index contributed by atoms with van der Waals surface area (Å²) in [5.41, 5.74) is 0. The zero-order valence-corrected chi connectivity index (χ0v) is 12.7. The molecule has 0 aromatic heterocycles. The van der Waals surface area contributed by atoms with Crippen molar-refractivity contribution in [1.29, 1.82) is 0 Å². The number of hydrogen-bond acceptors (Lipinski definition) is 4. The summed E-state index contributed by atoms with van der Waals surface area (Å²) in [4.78, 5) is 33.0. The second-order valence-electron chi connectivity index (χ2n) is 4.73. The molecule has 0 aliphatic carbocycles. The first-order valence-electron chi connectivity index (χ1n) is 6.44. The van der Waals surface area contributed by atoms with Gasteiger partial charge in [-0.25, -0.2) is 0 Å². The normalized spacial score (nSPS) is 12.2. The molecule has 1 atom stereocenters. The Kier molecular flexibility index (Phi) is 9.40. The first-order valence-corrected chi connectivity index (χ1v) is 8.34. The van der Waals surface area contributed by atoms with E-state index >= 15 is 0 Å². The van der Waals surface area contributed by atoms with Gasteiger partial charge in [-0.3, -0.25) is 9.59 Å². The highest BCUT2D eigenvalue weighted by molar-refractivity contribution is 7.57. The van der Waals surface area contributed by atoms with Gasteiger partial charge >= 0.3 is 11.9 Å². The van der Waals surface area contributed by atoms with E-state index in [1.165, 1.54) is 6.92 Å². The number of carbonyl (C=O) groups is 3. The molecule has 0 spiro atoms. The number of rotatable bonds is 10. The summed E-state index contributed by atoms with van der Waals surface area (Å²) in [6.45, 7) is 5.11. The third-order valence-corrected chi connectivity index (χ3v) is 4.99. The van der Waals surface area contributed by atoms with Crippen LogP contribution in [0.4, 0.5) is 0 Å². The highest BCUT2D eigenvalue weighted by Crippen LogP contribution is 2.37. The third kappa shape index (κ3) is 11.8. The SMILES string of the molecule is CC(=O)CCP(CCC(=O)O)CCC(=O)OC(C)C. The van der Waals surface area contributed by atoms with E-state index in [4.69, 9.17) is 9.84 Å². The number of carboxylic acids is 1. The summed E-state index contributed by atoms with van der Waals surface area (Å²) in [5.74, 6) is -0.978. The lowest BCUT2D eigenvalue weighted by atomic mass is 10.4. The Balaban J connectivity index is 4.12. The smallest absolute Gasteiger partial charge is 0.306 e. The minimum absolute atomic E-state index is 0.100. The molecule has 0 heterocycles. The predicted octanol–water partition coefficient (Wildman–Crippen LogP) is 2.26. The van der Waals surface area contributed by atoms with Crippen molar-refractivity contribution >= 4 is 25.6 Å². The Morgan fingerprint density at radius 2 is 1.58 bits per heavy atom. The average molecular weight is 290 g/mol. The van der Waals surface area contributed by atoms with Crippen LogP contribution in [0.25, 0.3) is 0 Å². The molecule has 5 nitrogen and oxygen atoms in total. The van der Waals surface area contributed by atoms with E-state index in [0.29, 0.717) is 31.3 Å². The van der Waals surface area contributed by atoms with Crippen LogP contribution in [0.5, 0.6) is 0 Å². The van der Waals surface area contributed by atoms with Crippen LogP contribution in [0.1, 0.15) is 40.0 Å². The number of ether oxygens (including phenoxy) is 1. The molecule has 1 unspecified atom stereocenters. The standard InChI is InChI=1S/C13H23O5P/c1-10(2)18-13(17)6-9-19(7-4-11(3)14)8-5-12(15)16/h10H,4-9H2,1-3H3,(H,15,16). The first-order chi connectivity index (χ1) is 8.81. The van der Waals surface area contributed by atoms with Crippen LogP contribution < -0.4 is 0 Å². The molecule has 19 heavy (non-hydrogen) atoms. The Morgan fingerprint density at radius 1 is 1.05 bits per heavy atom. The van der Waals surface area contributed by atoms with Crippen LogP contribution in [-0.4, -0.2) is 47.4 Å². The van der Waals surface area contributed by atoms with Gasteiger partial charge in [0, 0.05) is 19.3 Å². The Labute approximate surface area is 115 Å². The molecule has 0 saturated heterocycles. The summed E-state index contributed by atoms with van der Waals surface area (Å²) >= 11 is 0. The largest absolute Gasteiger partial charge is 0.481 e. The molecule has 0 aliphatic rings. The van der Waals surface area contributed by atoms with Crippen molar-refractivity contribution in [3.63, 3.8) is 0 Å². The molecule has 0 rings (SSSR count). The molecule has 1 N–H and O–H groups in total. The van der Waals surface area contributed by atoms with Gasteiger partial charge < -0.3 is 14.6 Å². The van der Waals surface area contributed by atoms with Crippen molar-refractivity contribution in [3.8, 4) is 0 Å². The molecule has 0 fully saturated rings. The van der Waals surface area contributed by atoms with Crippen LogP contribution in [0.2, 0.25) is 0 Å². The van der Waals surface area contributed by atoms with Crippen molar-refractivity contribution in [2.75, 3.05) is 18.5 Å². The number of Topliss-reactive ketones (excluding diaryl/α,β-unsaturated/α-hetero) is 1. The molecule has 0 aromatic rings. The molecule has 0 aliphatic heterocycles. The summed E-state index contributed by atoms with van der Waals surface area (Å²) in [5, 5.41) is 8.69. The second-order valence-corrected chi connectivity index (χ2v) is 7.41. The summed E-state index contributed by atoms with van der Waals surface area (Å²) < 4.78 is 5.04. The monoisotopic (exact) mass is 290 g/mol. The van der Waals surface area contributed by atoms with Crippen LogP contribution in [0.15, 0.2) is 0 Å². The third-order valence-electron chi connectivity index (χ3n) is 2.42. The fourth-order valence-electron chi connectivity index (χ4n) is 1.48. The first kappa shape index (κ1) is 18.0. The zero-order chi connectivity index (χ0) is 14.8. The highest BCUT2D eigenvalue weighted by atomic mass is 31.1. The fourth-order valence-corrected chi connectivity index (χ4v) is 3.78. The lowest BCUT2D eigenvalue weighted by Gasteiger charge is -2.16. The summed E-state index contributed by atoms with van der Waals surface area (Å²) in [6, 6.07) is 0. The van der Waals surface area contributed by atoms with Gasteiger partial charge in [-0.2, -0.15) is 0 Å². The molecular formula is C13H23O5P. The highest BCUT2D eigenvalue weighted by Gasteiger charge is 2.14. The maximum atomic E-state index is 11.4. The Hall–Kier alpha value is -0.960. The van der Waals surface area contributed by atoms with E-state index in [1.807, 2.05) is 0 Å². The quantitative estimate of drug-likeness (QED) is 0.493. The van der Waals surface area contributed by atoms with Crippen molar-refractivity contribution < 1.29 is 24.2 Å². The predicted molar refractivity (Wildman–Crippen MR) is 74.9 cm³/mol. The van der Waals surface area contributed by atoms with Crippen LogP contribution in [0.3, 0.4) is 0 Å². The van der Waals surface area contributed by atoms with E-state index in [-0.39, 0.29) is 24.3 Å².